The molecule has 0 radical (unpaired) electrons. The van der Waals surface area contributed by atoms with Crippen molar-refractivity contribution in [2.45, 2.75) is 38.3 Å². The molecular weight excluding hydrogens is 1150 g/mol. The standard InChI is InChI=1S/C57H70F5N5O17S/c1-65(66(2)57(71)83-37-47-45-11-5-3-9-43(45)44-10-4-6-12-46(44)47)36-41-34-39-8-7-15-63-55(39)67(41)17-13-42(68)35-40(38-85(72,73)74)56(70)64-16-19-76-21-23-78-25-27-80-29-31-82-33-32-81-30-28-79-26-24-77-22-20-75-18-14-48(69)84-54-52(61)50(59)49(58)51(60)53(54)62/h3-12,15,34,40,47H,13-14,16-33,35-38H2,1-2H3,(H,64,70)(H,72,73,74)/t40-/m0/s1. The van der Waals surface area contributed by atoms with Crippen molar-refractivity contribution in [3.8, 4) is 16.9 Å². The van der Waals surface area contributed by atoms with Gasteiger partial charge in [-0.3, -0.25) is 18.9 Å². The molecule has 85 heavy (non-hydrogen) atoms. The Morgan fingerprint density at radius 3 is 1.65 bits per heavy atom. The Balaban J connectivity index is 0.746. The highest BCUT2D eigenvalue weighted by atomic mass is 32.2. The Hall–Kier alpha value is -6.57. The summed E-state index contributed by atoms with van der Waals surface area (Å²) >= 11 is 0. The van der Waals surface area contributed by atoms with E-state index in [4.69, 9.17) is 42.6 Å². The van der Waals surface area contributed by atoms with Gasteiger partial charge < -0.3 is 57.3 Å². The van der Waals surface area contributed by atoms with E-state index >= 15 is 0 Å². The molecular formula is C57H70F5N5O17S. The summed E-state index contributed by atoms with van der Waals surface area (Å²) in [5.41, 5.74) is 5.74. The number of carbonyl (C=O) groups excluding carboxylic acids is 4. The molecule has 5 aromatic rings. The number of esters is 1. The van der Waals surface area contributed by atoms with E-state index in [9.17, 15) is 54.1 Å². The predicted molar refractivity (Wildman–Crippen MR) is 294 cm³/mol. The van der Waals surface area contributed by atoms with Crippen molar-refractivity contribution in [2.75, 3.05) is 139 Å². The summed E-state index contributed by atoms with van der Waals surface area (Å²) in [7, 11) is -1.30. The van der Waals surface area contributed by atoms with Gasteiger partial charge in [-0.1, -0.05) is 48.5 Å². The highest BCUT2D eigenvalue weighted by Crippen LogP contribution is 2.44. The fourth-order valence-electron chi connectivity index (χ4n) is 8.81. The van der Waals surface area contributed by atoms with Gasteiger partial charge in [-0.2, -0.15) is 17.2 Å². The second kappa shape index (κ2) is 35.2. The van der Waals surface area contributed by atoms with Gasteiger partial charge in [-0.05, 0) is 40.5 Å². The molecule has 1 aliphatic rings. The SMILES string of the molecule is CN(Cc1cc2cccnc2n1CCC(=O)C[C@@H](CS(=O)(=O)O)C(=O)NCCOCCOCCOCCOCCOCCOCCOCCOCCC(=O)Oc1c(F)c(F)c(F)c(F)c1F)N(C)C(=O)OCC1c2ccccc2-c2ccccc21. The number of carbonyl (C=O) groups is 4. The zero-order chi connectivity index (χ0) is 61.1. The third-order valence-electron chi connectivity index (χ3n) is 13.1. The molecule has 2 heterocycles. The number of Topliss-reactive ketones (excluding diaryl/α,β-unsaturated/α-hetero) is 1. The molecule has 2 aromatic heterocycles. The van der Waals surface area contributed by atoms with Crippen LogP contribution in [-0.4, -0.2) is 195 Å². The molecule has 0 spiro atoms. The average Bonchev–Trinajstić information content (AvgIpc) is 2.47. The number of benzene rings is 3. The lowest BCUT2D eigenvalue weighted by Gasteiger charge is -2.28. The van der Waals surface area contributed by atoms with E-state index in [1.165, 1.54) is 5.01 Å². The van der Waals surface area contributed by atoms with E-state index in [-0.39, 0.29) is 98.0 Å². The first kappa shape index (κ1) is 67.6. The van der Waals surface area contributed by atoms with Gasteiger partial charge in [0, 0.05) is 63.2 Å². The van der Waals surface area contributed by atoms with Crippen LogP contribution < -0.4 is 10.1 Å². The molecule has 0 fully saturated rings. The molecule has 1 aliphatic carbocycles. The van der Waals surface area contributed by atoms with Gasteiger partial charge in [0.05, 0.1) is 130 Å². The quantitative estimate of drug-likeness (QED) is 0.00660. The number of nitrogens with zero attached hydrogens (tertiary/aromatic N) is 4. The Morgan fingerprint density at radius 1 is 0.647 bits per heavy atom. The largest absolute Gasteiger partial charge is 0.447 e. The summed E-state index contributed by atoms with van der Waals surface area (Å²) in [6.07, 6.45) is 0.00834. The van der Waals surface area contributed by atoms with Gasteiger partial charge in [0.15, 0.2) is 0 Å². The maximum Gasteiger partial charge on any atom is 0.424 e. The topological polar surface area (TPSA) is 251 Å². The van der Waals surface area contributed by atoms with Gasteiger partial charge in [0.1, 0.15) is 18.0 Å². The number of halogens is 5. The van der Waals surface area contributed by atoms with E-state index in [0.29, 0.717) is 51.9 Å². The summed E-state index contributed by atoms with van der Waals surface area (Å²) < 4.78 is 156. The van der Waals surface area contributed by atoms with Crippen LogP contribution in [0, 0.1) is 35.0 Å². The molecule has 0 bridgehead atoms. The molecule has 466 valence electrons. The molecule has 2 N–H and O–H groups in total. The minimum Gasteiger partial charge on any atom is -0.447 e. The van der Waals surface area contributed by atoms with E-state index in [0.717, 1.165) is 33.3 Å². The van der Waals surface area contributed by atoms with Crippen molar-refractivity contribution in [1.82, 2.24) is 24.9 Å². The molecule has 1 atom stereocenters. The minimum atomic E-state index is -4.63. The average molecular weight is 1220 g/mol. The molecule has 0 unspecified atom stereocenters. The van der Waals surface area contributed by atoms with Crippen LogP contribution in [-0.2, 0) is 80.2 Å². The van der Waals surface area contributed by atoms with Crippen LogP contribution in [0.3, 0.4) is 0 Å². The maximum atomic E-state index is 13.6. The first-order valence-electron chi connectivity index (χ1n) is 27.3. The fourth-order valence-corrected chi connectivity index (χ4v) is 9.59. The van der Waals surface area contributed by atoms with Crippen LogP contribution in [0.25, 0.3) is 22.2 Å². The summed E-state index contributed by atoms with van der Waals surface area (Å²) in [4.78, 5) is 56.2. The third-order valence-corrected chi connectivity index (χ3v) is 13.9. The lowest BCUT2D eigenvalue weighted by molar-refractivity contribution is -0.136. The highest BCUT2D eigenvalue weighted by Gasteiger charge is 2.32. The number of fused-ring (bicyclic) bond motifs is 4. The number of nitrogens with one attached hydrogen (secondary N) is 1. The number of aromatic nitrogens is 2. The number of rotatable bonds is 41. The van der Waals surface area contributed by atoms with Gasteiger partial charge >= 0.3 is 12.1 Å². The van der Waals surface area contributed by atoms with E-state index in [1.54, 1.807) is 31.4 Å². The Labute approximate surface area is 488 Å². The van der Waals surface area contributed by atoms with Crippen molar-refractivity contribution < 1.29 is 101 Å². The van der Waals surface area contributed by atoms with E-state index in [2.05, 4.69) is 27.2 Å². The maximum absolute atomic E-state index is 13.6. The molecule has 0 aliphatic heterocycles. The minimum absolute atomic E-state index is 0.00381. The van der Waals surface area contributed by atoms with Gasteiger partial charge in [0.2, 0.25) is 40.7 Å². The number of ketones is 1. The Bertz CT molecular complexity index is 3010. The van der Waals surface area contributed by atoms with Gasteiger partial charge in [-0.25, -0.2) is 33.0 Å². The molecule has 22 nitrogen and oxygen atoms in total. The predicted octanol–water partition coefficient (Wildman–Crippen LogP) is 6.06. The summed E-state index contributed by atoms with van der Waals surface area (Å²) in [6.45, 7) is 3.89. The molecule has 0 saturated heterocycles. The highest BCUT2D eigenvalue weighted by molar-refractivity contribution is 7.85. The molecule has 0 saturated carbocycles. The zero-order valence-corrected chi connectivity index (χ0v) is 47.9. The summed E-state index contributed by atoms with van der Waals surface area (Å²) in [5.74, 6) is -17.9. The molecule has 3 aromatic carbocycles. The van der Waals surface area contributed by atoms with Crippen molar-refractivity contribution in [1.29, 1.82) is 0 Å². The second-order valence-corrected chi connectivity index (χ2v) is 20.6. The third kappa shape index (κ3) is 21.4. The number of hydrazine groups is 1. The van der Waals surface area contributed by atoms with Crippen molar-refractivity contribution in [2.24, 2.45) is 5.92 Å². The second-order valence-electron chi connectivity index (χ2n) is 19.1. The van der Waals surface area contributed by atoms with Crippen molar-refractivity contribution in [3.05, 3.63) is 119 Å². The molecule has 6 rings (SSSR count). The van der Waals surface area contributed by atoms with Crippen LogP contribution >= 0.6 is 0 Å². The number of amides is 2. The number of aryl methyl sites for hydroxylation is 1. The monoisotopic (exact) mass is 1220 g/mol. The first-order chi connectivity index (χ1) is 40.9. The van der Waals surface area contributed by atoms with Crippen molar-refractivity contribution in [3.63, 3.8) is 0 Å². The van der Waals surface area contributed by atoms with E-state index in [1.807, 2.05) is 53.1 Å². The normalized spacial score (nSPS) is 12.6. The van der Waals surface area contributed by atoms with Gasteiger partial charge in [-0.15, -0.1) is 0 Å². The summed E-state index contributed by atoms with van der Waals surface area (Å²) in [6, 6.07) is 21.7. The number of ether oxygens (including phenoxy) is 10. The smallest absolute Gasteiger partial charge is 0.424 e. The van der Waals surface area contributed by atoms with Crippen LogP contribution in [0.15, 0.2) is 72.9 Å². The summed E-state index contributed by atoms with van der Waals surface area (Å²) in [5, 5.41) is 6.44. The zero-order valence-electron chi connectivity index (χ0n) is 47.1. The lowest BCUT2D eigenvalue weighted by Crippen LogP contribution is -2.41. The first-order valence-corrected chi connectivity index (χ1v) is 28.9. The number of hydrogen-bond donors (Lipinski definition) is 2. The number of hydrogen-bond acceptors (Lipinski definition) is 18. The lowest BCUT2D eigenvalue weighted by atomic mass is 9.98. The van der Waals surface area contributed by atoms with Crippen LogP contribution in [0.4, 0.5) is 26.7 Å². The van der Waals surface area contributed by atoms with Crippen LogP contribution in [0.5, 0.6) is 5.75 Å². The van der Waals surface area contributed by atoms with Crippen LogP contribution in [0.2, 0.25) is 0 Å². The Kier molecular flexibility index (Phi) is 27.9. The fraction of sp³-hybridized carbons (Fsp3) is 0.491. The Morgan fingerprint density at radius 2 is 1.13 bits per heavy atom. The van der Waals surface area contributed by atoms with Crippen molar-refractivity contribution >= 4 is 44.9 Å². The number of pyridine rings is 1. The van der Waals surface area contributed by atoms with Gasteiger partial charge in [0.25, 0.3) is 10.1 Å². The molecule has 28 heteroatoms. The molecule has 2 amide bonds. The van der Waals surface area contributed by atoms with E-state index < -0.39 is 93.2 Å². The van der Waals surface area contributed by atoms with Crippen LogP contribution in [0.1, 0.15) is 42.0 Å².